The zero-order valence-electron chi connectivity index (χ0n) is 11.1. The van der Waals surface area contributed by atoms with Gasteiger partial charge in [-0.15, -0.1) is 11.7 Å². The normalized spacial score (nSPS) is 9.88. The molecule has 1 nitrogen and oxygen atoms in total. The molecule has 0 amide bonds. The molecule has 2 heteroatoms. The lowest BCUT2D eigenvalue weighted by Gasteiger charge is -2.12. The summed E-state index contributed by atoms with van der Waals surface area (Å²) in [5.41, 5.74) is 1.14. The fraction of sp³-hybridized carbons (Fsp3) is 0.467. The van der Waals surface area contributed by atoms with Crippen LogP contribution >= 0.6 is 0 Å². The van der Waals surface area contributed by atoms with Crippen LogP contribution < -0.4 is 5.46 Å². The Kier molecular flexibility index (Phi) is 6.51. The van der Waals surface area contributed by atoms with Crippen LogP contribution in [0.5, 0.6) is 0 Å². The Morgan fingerprint density at radius 1 is 1.24 bits per heavy atom. The van der Waals surface area contributed by atoms with E-state index in [0.29, 0.717) is 0 Å². The average molecular weight is 228 g/mol. The van der Waals surface area contributed by atoms with Crippen molar-refractivity contribution >= 4 is 12.4 Å². The van der Waals surface area contributed by atoms with Gasteiger partial charge in [-0.05, 0) is 25.7 Å². The first kappa shape index (κ1) is 13.9. The van der Waals surface area contributed by atoms with Crippen LogP contribution in [-0.2, 0) is 4.65 Å². The van der Waals surface area contributed by atoms with Crippen LogP contribution in [-0.4, -0.2) is 13.0 Å². The highest BCUT2D eigenvalue weighted by molar-refractivity contribution is 6.75. The summed E-state index contributed by atoms with van der Waals surface area (Å²) < 4.78 is 5.84. The standard InChI is InChI=1S/C15H21BO/c1-4-5-6-10-13-16(17-14(2)3)15-11-8-7-9-12-15/h7-9,11-12,14H,4-6H2,1-3H3. The average Bonchev–Trinajstić information content (AvgIpc) is 2.34. The molecule has 0 radical (unpaired) electrons. The Morgan fingerprint density at radius 3 is 2.53 bits per heavy atom. The molecule has 1 aromatic rings. The van der Waals surface area contributed by atoms with E-state index in [2.05, 4.69) is 30.8 Å². The van der Waals surface area contributed by atoms with Crippen molar-refractivity contribution in [1.82, 2.24) is 0 Å². The van der Waals surface area contributed by atoms with E-state index in [-0.39, 0.29) is 13.0 Å². The Hall–Kier alpha value is -1.20. The van der Waals surface area contributed by atoms with Gasteiger partial charge in [0.05, 0.1) is 0 Å². The molecule has 17 heavy (non-hydrogen) atoms. The van der Waals surface area contributed by atoms with Gasteiger partial charge < -0.3 is 4.65 Å². The van der Waals surface area contributed by atoms with Gasteiger partial charge in [0.25, 0.3) is 0 Å². The van der Waals surface area contributed by atoms with Gasteiger partial charge in [0.2, 0.25) is 0 Å². The maximum Gasteiger partial charge on any atom is 0.415 e. The first-order valence-corrected chi connectivity index (χ1v) is 6.42. The van der Waals surface area contributed by atoms with Crippen molar-refractivity contribution in [3.05, 3.63) is 30.3 Å². The Balaban J connectivity index is 2.69. The van der Waals surface area contributed by atoms with Gasteiger partial charge in [-0.3, -0.25) is 0 Å². The minimum absolute atomic E-state index is 0.0898. The molecule has 0 aromatic heterocycles. The van der Waals surface area contributed by atoms with E-state index in [4.69, 9.17) is 4.65 Å². The van der Waals surface area contributed by atoms with Crippen LogP contribution in [0.2, 0.25) is 0 Å². The number of hydrogen-bond acceptors (Lipinski definition) is 1. The topological polar surface area (TPSA) is 9.23 Å². The summed E-state index contributed by atoms with van der Waals surface area (Å²) in [7, 11) is 0. The molecule has 1 rings (SSSR count). The van der Waals surface area contributed by atoms with E-state index in [1.54, 1.807) is 0 Å². The molecule has 0 N–H and O–H groups in total. The second-order valence-corrected chi connectivity index (χ2v) is 4.40. The van der Waals surface area contributed by atoms with E-state index < -0.39 is 0 Å². The van der Waals surface area contributed by atoms with Crippen molar-refractivity contribution in [3.63, 3.8) is 0 Å². The van der Waals surface area contributed by atoms with Crippen LogP contribution in [0.15, 0.2) is 30.3 Å². The van der Waals surface area contributed by atoms with E-state index in [9.17, 15) is 0 Å². The van der Waals surface area contributed by atoms with Gasteiger partial charge in [-0.25, -0.2) is 0 Å². The summed E-state index contributed by atoms with van der Waals surface area (Å²) in [6.45, 7) is 6.18. The fourth-order valence-corrected chi connectivity index (χ4v) is 1.53. The first-order chi connectivity index (χ1) is 8.24. The van der Waals surface area contributed by atoms with Gasteiger partial charge in [0, 0.05) is 12.5 Å². The molecule has 0 spiro atoms. The molecule has 0 aliphatic carbocycles. The van der Waals surface area contributed by atoms with Crippen LogP contribution in [0.3, 0.4) is 0 Å². The predicted molar refractivity (Wildman–Crippen MR) is 75.4 cm³/mol. The zero-order chi connectivity index (χ0) is 12.5. The van der Waals surface area contributed by atoms with Crippen molar-refractivity contribution in [1.29, 1.82) is 0 Å². The molecule has 0 atom stereocenters. The lowest BCUT2D eigenvalue weighted by Crippen LogP contribution is -2.34. The van der Waals surface area contributed by atoms with E-state index >= 15 is 0 Å². The van der Waals surface area contributed by atoms with Crippen molar-refractivity contribution in [3.8, 4) is 11.7 Å². The molecule has 0 fully saturated rings. The molecule has 1 aromatic carbocycles. The number of hydrogen-bond donors (Lipinski definition) is 0. The van der Waals surface area contributed by atoms with Gasteiger partial charge in [-0.2, -0.15) is 0 Å². The largest absolute Gasteiger partial charge is 0.418 e. The highest BCUT2D eigenvalue weighted by atomic mass is 16.4. The minimum atomic E-state index is -0.0898. The second kappa shape index (κ2) is 7.98. The first-order valence-electron chi connectivity index (χ1n) is 6.42. The summed E-state index contributed by atoms with van der Waals surface area (Å²) in [4.78, 5) is 0. The Labute approximate surface area is 106 Å². The summed E-state index contributed by atoms with van der Waals surface area (Å²) in [6.07, 6.45) is 3.51. The lowest BCUT2D eigenvalue weighted by molar-refractivity contribution is 0.253. The van der Waals surface area contributed by atoms with Crippen LogP contribution in [0.1, 0.15) is 40.0 Å². The van der Waals surface area contributed by atoms with Crippen LogP contribution in [0.4, 0.5) is 0 Å². The quantitative estimate of drug-likeness (QED) is 0.427. The van der Waals surface area contributed by atoms with E-state index in [0.717, 1.165) is 18.3 Å². The van der Waals surface area contributed by atoms with Gasteiger partial charge >= 0.3 is 6.92 Å². The zero-order valence-corrected chi connectivity index (χ0v) is 11.1. The Bertz CT molecular complexity index is 362. The fourth-order valence-electron chi connectivity index (χ4n) is 1.53. The molecule has 0 unspecified atom stereocenters. The Morgan fingerprint density at radius 2 is 1.94 bits per heavy atom. The summed E-state index contributed by atoms with van der Waals surface area (Å²) in [5, 5.41) is 0. The van der Waals surface area contributed by atoms with Crippen molar-refractivity contribution in [2.45, 2.75) is 46.1 Å². The molecular formula is C15H21BO. The molecular weight excluding hydrogens is 207 g/mol. The molecule has 0 saturated carbocycles. The smallest absolute Gasteiger partial charge is 0.415 e. The van der Waals surface area contributed by atoms with Crippen molar-refractivity contribution in [2.75, 3.05) is 0 Å². The summed E-state index contributed by atoms with van der Waals surface area (Å²) >= 11 is 0. The molecule has 0 heterocycles. The number of unbranched alkanes of at least 4 members (excludes halogenated alkanes) is 2. The summed E-state index contributed by atoms with van der Waals surface area (Å²) in [5.74, 6) is 6.45. The third-order valence-electron chi connectivity index (χ3n) is 2.40. The molecule has 0 aliphatic heterocycles. The molecule has 0 aliphatic rings. The van der Waals surface area contributed by atoms with Crippen LogP contribution in [0, 0.1) is 11.7 Å². The van der Waals surface area contributed by atoms with Gasteiger partial charge in [-0.1, -0.05) is 43.7 Å². The maximum atomic E-state index is 5.84. The second-order valence-electron chi connectivity index (χ2n) is 4.40. The SMILES string of the molecule is CCCCC#CB(OC(C)C)c1ccccc1. The third kappa shape index (κ3) is 5.61. The highest BCUT2D eigenvalue weighted by Gasteiger charge is 2.16. The van der Waals surface area contributed by atoms with Gasteiger partial charge in [0.15, 0.2) is 0 Å². The van der Waals surface area contributed by atoms with Gasteiger partial charge in [0.1, 0.15) is 0 Å². The minimum Gasteiger partial charge on any atom is -0.418 e. The maximum absolute atomic E-state index is 5.84. The number of rotatable bonds is 5. The van der Waals surface area contributed by atoms with E-state index in [1.165, 1.54) is 6.42 Å². The van der Waals surface area contributed by atoms with E-state index in [1.807, 2.05) is 32.0 Å². The predicted octanol–water partition coefficient (Wildman–Crippen LogP) is 3.04. The molecule has 90 valence electrons. The highest BCUT2D eigenvalue weighted by Crippen LogP contribution is 1.97. The van der Waals surface area contributed by atoms with Crippen LogP contribution in [0.25, 0.3) is 0 Å². The summed E-state index contributed by atoms with van der Waals surface area (Å²) in [6, 6.07) is 10.2. The molecule has 0 saturated heterocycles. The number of benzene rings is 1. The molecule has 0 bridgehead atoms. The monoisotopic (exact) mass is 228 g/mol. The van der Waals surface area contributed by atoms with Crippen molar-refractivity contribution < 1.29 is 4.65 Å². The van der Waals surface area contributed by atoms with Crippen molar-refractivity contribution in [2.24, 2.45) is 0 Å². The lowest BCUT2D eigenvalue weighted by atomic mass is 9.61. The third-order valence-corrected chi connectivity index (χ3v) is 2.40.